The Kier molecular flexibility index (Phi) is 4.81. The summed E-state index contributed by atoms with van der Waals surface area (Å²) in [6, 6.07) is 0.995. The molecule has 0 unspecified atom stereocenters. The van der Waals surface area contributed by atoms with Crippen molar-refractivity contribution in [3.05, 3.63) is 34.4 Å². The van der Waals surface area contributed by atoms with Gasteiger partial charge in [0.25, 0.3) is 5.91 Å². The molecule has 1 heterocycles. The second kappa shape index (κ2) is 6.34. The second-order valence-electron chi connectivity index (χ2n) is 3.71. The maximum absolute atomic E-state index is 11.7. The van der Waals surface area contributed by atoms with Crippen molar-refractivity contribution in [1.82, 2.24) is 5.32 Å². The van der Waals surface area contributed by atoms with E-state index < -0.39 is 29.5 Å². The molecule has 0 aliphatic carbocycles. The zero-order valence-electron chi connectivity index (χ0n) is 9.79. The van der Waals surface area contributed by atoms with E-state index in [-0.39, 0.29) is 18.4 Å². The van der Waals surface area contributed by atoms with Crippen LogP contribution in [0.4, 0.5) is 0 Å². The van der Waals surface area contributed by atoms with Crippen LogP contribution in [0.5, 0.6) is 0 Å². The third-order valence-electron chi connectivity index (χ3n) is 2.25. The molecule has 0 aromatic carbocycles. The van der Waals surface area contributed by atoms with Crippen LogP contribution in [0.3, 0.4) is 0 Å². The van der Waals surface area contributed by atoms with Crippen molar-refractivity contribution in [2.45, 2.75) is 18.9 Å². The lowest BCUT2D eigenvalue weighted by Crippen LogP contribution is -2.41. The first-order valence-electron chi connectivity index (χ1n) is 5.31. The molecule has 1 aromatic heterocycles. The summed E-state index contributed by atoms with van der Waals surface area (Å²) in [5.41, 5.74) is 4.28. The van der Waals surface area contributed by atoms with Crippen molar-refractivity contribution >= 4 is 17.8 Å². The zero-order valence-corrected chi connectivity index (χ0v) is 9.79. The highest BCUT2D eigenvalue weighted by molar-refractivity contribution is 5.96. The van der Waals surface area contributed by atoms with Gasteiger partial charge in [-0.1, -0.05) is 0 Å². The summed E-state index contributed by atoms with van der Waals surface area (Å²) in [6.45, 7) is 0. The molecule has 1 aromatic rings. The van der Waals surface area contributed by atoms with Crippen LogP contribution in [0.25, 0.3) is 0 Å². The molecule has 8 nitrogen and oxygen atoms in total. The van der Waals surface area contributed by atoms with Gasteiger partial charge in [-0.2, -0.15) is 0 Å². The Hall–Kier alpha value is -2.64. The summed E-state index contributed by atoms with van der Waals surface area (Å²) in [4.78, 5) is 43.9. The topological polar surface area (TPSA) is 140 Å². The number of rotatable bonds is 6. The van der Waals surface area contributed by atoms with Crippen LogP contribution in [-0.2, 0) is 9.59 Å². The van der Waals surface area contributed by atoms with Crippen LogP contribution >= 0.6 is 0 Å². The van der Waals surface area contributed by atoms with Gasteiger partial charge in [-0.15, -0.1) is 0 Å². The van der Waals surface area contributed by atoms with Gasteiger partial charge in [0.1, 0.15) is 12.3 Å². The number of carboxylic acids is 1. The molecular weight excluding hydrogens is 256 g/mol. The molecule has 1 rings (SSSR count). The van der Waals surface area contributed by atoms with Crippen molar-refractivity contribution in [2.75, 3.05) is 0 Å². The van der Waals surface area contributed by atoms with Gasteiger partial charge < -0.3 is 20.6 Å². The Labute approximate surface area is 107 Å². The number of hydrogen-bond donors (Lipinski definition) is 3. The van der Waals surface area contributed by atoms with E-state index >= 15 is 0 Å². The van der Waals surface area contributed by atoms with Crippen LogP contribution in [-0.4, -0.2) is 28.9 Å². The third kappa shape index (κ3) is 4.62. The fourth-order valence-electron chi connectivity index (χ4n) is 1.27. The number of amides is 2. The summed E-state index contributed by atoms with van der Waals surface area (Å²) < 4.78 is 4.48. The molecule has 0 fully saturated rings. The Morgan fingerprint density at radius 3 is 2.53 bits per heavy atom. The molecule has 1 atom stereocenters. The lowest BCUT2D eigenvalue weighted by atomic mass is 10.1. The number of nitrogens with two attached hydrogens (primary N) is 1. The van der Waals surface area contributed by atoms with Gasteiger partial charge in [0.05, 0.1) is 5.56 Å². The minimum atomic E-state index is -1.29. The van der Waals surface area contributed by atoms with Crippen molar-refractivity contribution in [2.24, 2.45) is 5.73 Å². The van der Waals surface area contributed by atoms with Gasteiger partial charge in [0, 0.05) is 12.5 Å². The van der Waals surface area contributed by atoms with Crippen LogP contribution in [0, 0.1) is 0 Å². The van der Waals surface area contributed by atoms with E-state index in [4.69, 9.17) is 10.8 Å². The van der Waals surface area contributed by atoms with Gasteiger partial charge in [0.2, 0.25) is 5.91 Å². The number of nitrogens with one attached hydrogen (secondary N) is 1. The quantitative estimate of drug-likeness (QED) is 0.610. The second-order valence-corrected chi connectivity index (χ2v) is 3.71. The fourth-order valence-corrected chi connectivity index (χ4v) is 1.27. The fraction of sp³-hybridized carbons (Fsp3) is 0.273. The SMILES string of the molecule is NC(=O)CC[C@H](NC(=O)c1ccc(=O)oc1)C(=O)O. The highest BCUT2D eigenvalue weighted by Gasteiger charge is 2.21. The number of carbonyl (C=O) groups is 3. The molecule has 0 saturated heterocycles. The van der Waals surface area contributed by atoms with Crippen molar-refractivity contribution in [3.8, 4) is 0 Å². The molecule has 19 heavy (non-hydrogen) atoms. The smallest absolute Gasteiger partial charge is 0.335 e. The zero-order chi connectivity index (χ0) is 14.4. The molecule has 8 heteroatoms. The van der Waals surface area contributed by atoms with Gasteiger partial charge >= 0.3 is 11.6 Å². The summed E-state index contributed by atoms with van der Waals surface area (Å²) in [7, 11) is 0. The highest BCUT2D eigenvalue weighted by Crippen LogP contribution is 2.01. The molecular formula is C11H12N2O6. The van der Waals surface area contributed by atoms with Crippen LogP contribution in [0.1, 0.15) is 23.2 Å². The molecule has 0 saturated carbocycles. The first kappa shape index (κ1) is 14.4. The van der Waals surface area contributed by atoms with Crippen LogP contribution in [0.15, 0.2) is 27.6 Å². The first-order valence-corrected chi connectivity index (χ1v) is 5.31. The normalized spacial score (nSPS) is 11.6. The number of hydrogen-bond acceptors (Lipinski definition) is 5. The molecule has 2 amide bonds. The summed E-state index contributed by atoms with van der Waals surface area (Å²) in [5.74, 6) is -2.67. The lowest BCUT2D eigenvalue weighted by Gasteiger charge is -2.13. The molecule has 102 valence electrons. The highest BCUT2D eigenvalue weighted by atomic mass is 16.4. The average molecular weight is 268 g/mol. The minimum absolute atomic E-state index is 0.00456. The Morgan fingerprint density at radius 1 is 1.37 bits per heavy atom. The van der Waals surface area contributed by atoms with Gasteiger partial charge in [-0.3, -0.25) is 9.59 Å². The van der Waals surface area contributed by atoms with E-state index in [2.05, 4.69) is 9.73 Å². The van der Waals surface area contributed by atoms with E-state index in [9.17, 15) is 19.2 Å². The molecule has 0 radical (unpaired) electrons. The van der Waals surface area contributed by atoms with Crippen molar-refractivity contribution < 1.29 is 23.9 Å². The van der Waals surface area contributed by atoms with Gasteiger partial charge in [-0.25, -0.2) is 9.59 Å². The lowest BCUT2D eigenvalue weighted by molar-refractivity contribution is -0.139. The molecule has 4 N–H and O–H groups in total. The summed E-state index contributed by atoms with van der Waals surface area (Å²) in [6.07, 6.45) is 0.638. The summed E-state index contributed by atoms with van der Waals surface area (Å²) in [5, 5.41) is 11.1. The predicted octanol–water partition coefficient (Wildman–Crippen LogP) is -0.912. The van der Waals surface area contributed by atoms with Gasteiger partial charge in [0.15, 0.2) is 0 Å². The van der Waals surface area contributed by atoms with Crippen molar-refractivity contribution in [1.29, 1.82) is 0 Å². The average Bonchev–Trinajstić information content (AvgIpc) is 2.34. The van der Waals surface area contributed by atoms with E-state index in [1.165, 1.54) is 6.07 Å². The molecule has 0 aliphatic rings. The van der Waals surface area contributed by atoms with E-state index in [1.54, 1.807) is 0 Å². The van der Waals surface area contributed by atoms with Gasteiger partial charge in [-0.05, 0) is 12.5 Å². The van der Waals surface area contributed by atoms with E-state index in [0.717, 1.165) is 12.3 Å². The minimum Gasteiger partial charge on any atom is -0.480 e. The number of primary amides is 1. The van der Waals surface area contributed by atoms with E-state index in [1.807, 2.05) is 0 Å². The first-order chi connectivity index (χ1) is 8.90. The largest absolute Gasteiger partial charge is 0.480 e. The van der Waals surface area contributed by atoms with Crippen molar-refractivity contribution in [3.63, 3.8) is 0 Å². The van der Waals surface area contributed by atoms with Crippen LogP contribution in [0.2, 0.25) is 0 Å². The summed E-state index contributed by atoms with van der Waals surface area (Å²) >= 11 is 0. The Balaban J connectivity index is 2.70. The standard InChI is InChI=1S/C11H12N2O6/c12-8(14)3-2-7(11(17)18)13-10(16)6-1-4-9(15)19-5-6/h1,4-5,7H,2-3H2,(H2,12,14)(H,13,16)(H,17,18)/t7-/m0/s1. The maximum Gasteiger partial charge on any atom is 0.335 e. The monoisotopic (exact) mass is 268 g/mol. The molecule has 0 bridgehead atoms. The van der Waals surface area contributed by atoms with Crippen LogP contribution < -0.4 is 16.7 Å². The Bertz CT molecular complexity index is 530. The third-order valence-corrected chi connectivity index (χ3v) is 2.25. The maximum atomic E-state index is 11.7. The predicted molar refractivity (Wildman–Crippen MR) is 62.3 cm³/mol. The Morgan fingerprint density at radius 2 is 2.05 bits per heavy atom. The van der Waals surface area contributed by atoms with E-state index in [0.29, 0.717) is 0 Å². The molecule has 0 spiro atoms. The molecule has 0 aliphatic heterocycles. The number of carbonyl (C=O) groups excluding carboxylic acids is 2. The number of carboxylic acid groups (broad SMARTS) is 1. The number of aliphatic carboxylic acids is 1.